The monoisotopic (exact) mass is 175 g/mol. The standard InChI is InChI=1S/C6H12O2.C2H5NO/c1-7-6-2-4-8-5-3-6;1-3-2-4/h6H,2-5H2,1H3;2H,1H3,(H,3,4). The first-order valence-electron chi connectivity index (χ1n) is 4.06. The lowest BCUT2D eigenvalue weighted by Gasteiger charge is -2.19. The SMILES string of the molecule is CNC=O.COC1CCOCC1. The average molecular weight is 175 g/mol. The van der Waals surface area contributed by atoms with Gasteiger partial charge in [0, 0.05) is 27.4 Å². The van der Waals surface area contributed by atoms with Gasteiger partial charge in [0.05, 0.1) is 6.10 Å². The zero-order valence-electron chi connectivity index (χ0n) is 7.71. The summed E-state index contributed by atoms with van der Waals surface area (Å²) in [4.78, 5) is 9.06. The van der Waals surface area contributed by atoms with Gasteiger partial charge in [-0.2, -0.15) is 0 Å². The number of ether oxygens (including phenoxy) is 2. The molecule has 0 unspecified atom stereocenters. The minimum absolute atomic E-state index is 0.462. The molecule has 1 saturated heterocycles. The number of methoxy groups -OCH3 is 1. The van der Waals surface area contributed by atoms with Gasteiger partial charge in [-0.1, -0.05) is 0 Å². The maximum absolute atomic E-state index is 9.06. The van der Waals surface area contributed by atoms with Crippen LogP contribution in [0.15, 0.2) is 0 Å². The van der Waals surface area contributed by atoms with E-state index in [0.29, 0.717) is 12.5 Å². The van der Waals surface area contributed by atoms with Gasteiger partial charge in [-0.05, 0) is 12.8 Å². The number of carbonyl (C=O) groups is 1. The van der Waals surface area contributed by atoms with Gasteiger partial charge in [0.25, 0.3) is 0 Å². The highest BCUT2D eigenvalue weighted by Crippen LogP contribution is 2.08. The van der Waals surface area contributed by atoms with E-state index in [0.717, 1.165) is 26.1 Å². The van der Waals surface area contributed by atoms with Crippen LogP contribution in [0.4, 0.5) is 0 Å². The maximum atomic E-state index is 9.06. The quantitative estimate of drug-likeness (QED) is 0.609. The van der Waals surface area contributed by atoms with Crippen molar-refractivity contribution in [1.29, 1.82) is 0 Å². The smallest absolute Gasteiger partial charge is 0.206 e. The summed E-state index contributed by atoms with van der Waals surface area (Å²) in [5.74, 6) is 0. The third-order valence-electron chi connectivity index (χ3n) is 1.62. The molecule has 1 aliphatic heterocycles. The molecule has 1 aliphatic rings. The summed E-state index contributed by atoms with van der Waals surface area (Å²) in [6.07, 6.45) is 3.22. The summed E-state index contributed by atoms with van der Waals surface area (Å²) >= 11 is 0. The zero-order valence-corrected chi connectivity index (χ0v) is 7.71. The molecule has 1 rings (SSSR count). The average Bonchev–Trinajstić information content (AvgIpc) is 2.19. The molecule has 0 bridgehead atoms. The molecule has 0 aromatic carbocycles. The second-order valence-corrected chi connectivity index (χ2v) is 2.45. The first-order chi connectivity index (χ1) is 5.85. The Morgan fingerprint density at radius 2 is 2.00 bits per heavy atom. The molecular formula is C8H17NO3. The Hall–Kier alpha value is -0.610. The Morgan fingerprint density at radius 1 is 1.50 bits per heavy atom. The van der Waals surface area contributed by atoms with Crippen molar-refractivity contribution in [3.05, 3.63) is 0 Å². The van der Waals surface area contributed by atoms with E-state index in [1.54, 1.807) is 14.2 Å². The van der Waals surface area contributed by atoms with Crippen LogP contribution < -0.4 is 5.32 Å². The van der Waals surface area contributed by atoms with Crippen molar-refractivity contribution >= 4 is 6.41 Å². The van der Waals surface area contributed by atoms with Gasteiger partial charge in [0.2, 0.25) is 6.41 Å². The summed E-state index contributed by atoms with van der Waals surface area (Å²) in [6.45, 7) is 1.75. The minimum Gasteiger partial charge on any atom is -0.381 e. The van der Waals surface area contributed by atoms with Crippen LogP contribution in [0.1, 0.15) is 12.8 Å². The summed E-state index contributed by atoms with van der Waals surface area (Å²) in [5.41, 5.74) is 0. The van der Waals surface area contributed by atoms with Crippen LogP contribution in [-0.4, -0.2) is 39.9 Å². The summed E-state index contributed by atoms with van der Waals surface area (Å²) in [6, 6.07) is 0. The van der Waals surface area contributed by atoms with Crippen molar-refractivity contribution in [1.82, 2.24) is 5.32 Å². The van der Waals surface area contributed by atoms with Crippen LogP contribution in [0.2, 0.25) is 0 Å². The molecule has 72 valence electrons. The fourth-order valence-corrected chi connectivity index (χ4v) is 0.912. The summed E-state index contributed by atoms with van der Waals surface area (Å²) in [5, 5.41) is 2.25. The predicted octanol–water partition coefficient (Wildman–Crippen LogP) is 0.174. The van der Waals surface area contributed by atoms with Gasteiger partial charge in [0.1, 0.15) is 0 Å². The molecule has 1 fully saturated rings. The molecule has 12 heavy (non-hydrogen) atoms. The fraction of sp³-hybridized carbons (Fsp3) is 0.875. The van der Waals surface area contributed by atoms with Crippen LogP contribution in [0.25, 0.3) is 0 Å². The van der Waals surface area contributed by atoms with Crippen LogP contribution in [0, 0.1) is 0 Å². The van der Waals surface area contributed by atoms with Gasteiger partial charge < -0.3 is 14.8 Å². The highest BCUT2D eigenvalue weighted by molar-refractivity contribution is 5.44. The zero-order chi connectivity index (χ0) is 9.23. The number of amides is 1. The van der Waals surface area contributed by atoms with Gasteiger partial charge in [-0.15, -0.1) is 0 Å². The minimum atomic E-state index is 0.462. The van der Waals surface area contributed by atoms with E-state index in [-0.39, 0.29) is 0 Å². The van der Waals surface area contributed by atoms with Crippen LogP contribution >= 0.6 is 0 Å². The first kappa shape index (κ1) is 11.4. The van der Waals surface area contributed by atoms with Gasteiger partial charge in [-0.3, -0.25) is 4.79 Å². The largest absolute Gasteiger partial charge is 0.381 e. The number of rotatable bonds is 2. The van der Waals surface area contributed by atoms with Crippen LogP contribution in [-0.2, 0) is 14.3 Å². The van der Waals surface area contributed by atoms with Gasteiger partial charge in [0.15, 0.2) is 0 Å². The lowest BCUT2D eigenvalue weighted by molar-refractivity contribution is -0.109. The maximum Gasteiger partial charge on any atom is 0.206 e. The van der Waals surface area contributed by atoms with Gasteiger partial charge in [-0.25, -0.2) is 0 Å². The first-order valence-corrected chi connectivity index (χ1v) is 4.06. The molecule has 0 atom stereocenters. The molecule has 4 heteroatoms. The second-order valence-electron chi connectivity index (χ2n) is 2.45. The summed E-state index contributed by atoms with van der Waals surface area (Å²) < 4.78 is 10.2. The van der Waals surface area contributed by atoms with Gasteiger partial charge >= 0.3 is 0 Å². The van der Waals surface area contributed by atoms with E-state index in [1.807, 2.05) is 0 Å². The molecule has 0 aromatic heterocycles. The molecular weight excluding hydrogens is 158 g/mol. The van der Waals surface area contributed by atoms with E-state index < -0.39 is 0 Å². The third-order valence-corrected chi connectivity index (χ3v) is 1.62. The van der Waals surface area contributed by atoms with E-state index >= 15 is 0 Å². The number of carbonyl (C=O) groups excluding carboxylic acids is 1. The molecule has 1 amide bonds. The molecule has 0 spiro atoms. The molecule has 0 aromatic rings. The molecule has 0 saturated carbocycles. The van der Waals surface area contributed by atoms with Crippen molar-refractivity contribution in [3.63, 3.8) is 0 Å². The highest BCUT2D eigenvalue weighted by Gasteiger charge is 2.10. The van der Waals surface area contributed by atoms with E-state index in [4.69, 9.17) is 14.3 Å². The molecule has 4 nitrogen and oxygen atoms in total. The second kappa shape index (κ2) is 8.49. The highest BCUT2D eigenvalue weighted by atomic mass is 16.5. The Labute approximate surface area is 73.2 Å². The number of hydrogen-bond acceptors (Lipinski definition) is 3. The lowest BCUT2D eigenvalue weighted by atomic mass is 10.2. The Bertz CT molecular complexity index is 102. The van der Waals surface area contributed by atoms with Crippen molar-refractivity contribution in [2.24, 2.45) is 0 Å². The molecule has 1 N–H and O–H groups in total. The third kappa shape index (κ3) is 6.12. The molecule has 0 aliphatic carbocycles. The predicted molar refractivity (Wildman–Crippen MR) is 46.0 cm³/mol. The van der Waals surface area contributed by atoms with E-state index in [1.165, 1.54) is 0 Å². The van der Waals surface area contributed by atoms with Crippen LogP contribution in [0.3, 0.4) is 0 Å². The Balaban J connectivity index is 0.000000261. The number of nitrogens with one attached hydrogen (secondary N) is 1. The number of hydrogen-bond donors (Lipinski definition) is 1. The Kier molecular flexibility index (Phi) is 8.05. The van der Waals surface area contributed by atoms with E-state index in [9.17, 15) is 0 Å². The van der Waals surface area contributed by atoms with Crippen molar-refractivity contribution < 1.29 is 14.3 Å². The summed E-state index contributed by atoms with van der Waals surface area (Å²) in [7, 11) is 3.32. The molecule has 0 radical (unpaired) electrons. The van der Waals surface area contributed by atoms with Crippen molar-refractivity contribution in [2.75, 3.05) is 27.4 Å². The lowest BCUT2D eigenvalue weighted by Crippen LogP contribution is -2.21. The fourth-order valence-electron chi connectivity index (χ4n) is 0.912. The topological polar surface area (TPSA) is 47.6 Å². The normalized spacial score (nSPS) is 17.5. The van der Waals surface area contributed by atoms with Crippen molar-refractivity contribution in [2.45, 2.75) is 18.9 Å². The van der Waals surface area contributed by atoms with E-state index in [2.05, 4.69) is 5.32 Å². The van der Waals surface area contributed by atoms with Crippen molar-refractivity contribution in [3.8, 4) is 0 Å². The Morgan fingerprint density at radius 3 is 2.25 bits per heavy atom. The molecule has 1 heterocycles. The van der Waals surface area contributed by atoms with Crippen LogP contribution in [0.5, 0.6) is 0 Å².